The molecule has 0 amide bonds. The number of ether oxygens (including phenoxy) is 2. The highest BCUT2D eigenvalue weighted by Crippen LogP contribution is 2.34. The van der Waals surface area contributed by atoms with Gasteiger partial charge in [0.1, 0.15) is 0 Å². The van der Waals surface area contributed by atoms with Gasteiger partial charge < -0.3 is 19.7 Å². The van der Waals surface area contributed by atoms with Crippen LogP contribution in [0.2, 0.25) is 5.28 Å². The van der Waals surface area contributed by atoms with E-state index in [2.05, 4.69) is 40.1 Å². The van der Waals surface area contributed by atoms with Gasteiger partial charge in [-0.3, -0.25) is 4.79 Å². The van der Waals surface area contributed by atoms with Crippen LogP contribution in [0.5, 0.6) is 0 Å². The third kappa shape index (κ3) is 6.53. The minimum Gasteiger partial charge on any atom is -0.469 e. The molecule has 0 aliphatic carbocycles. The number of anilines is 3. The Hall–Kier alpha value is -2.45. The maximum absolute atomic E-state index is 11.8. The Morgan fingerprint density at radius 3 is 2.53 bits per heavy atom. The van der Waals surface area contributed by atoms with Crippen molar-refractivity contribution in [3.8, 4) is 0 Å². The summed E-state index contributed by atoms with van der Waals surface area (Å²) in [5, 5.41) is 3.61. The summed E-state index contributed by atoms with van der Waals surface area (Å²) in [7, 11) is 1.40. The molecule has 1 aliphatic rings. The maximum atomic E-state index is 11.8. The summed E-state index contributed by atoms with van der Waals surface area (Å²) in [5.41, 5.74) is 2.51. The van der Waals surface area contributed by atoms with Crippen LogP contribution in [0.25, 0.3) is 0 Å². The summed E-state index contributed by atoms with van der Waals surface area (Å²) >= 11 is 5.86. The quantitative estimate of drug-likeness (QED) is 0.428. The van der Waals surface area contributed by atoms with E-state index in [-0.39, 0.29) is 23.6 Å². The Bertz CT molecular complexity index is 888. The van der Waals surface area contributed by atoms with Gasteiger partial charge in [0.15, 0.2) is 5.82 Å². The summed E-state index contributed by atoms with van der Waals surface area (Å²) in [6.07, 6.45) is 7.35. The van der Waals surface area contributed by atoms with Crippen LogP contribution in [-0.2, 0) is 14.3 Å². The van der Waals surface area contributed by atoms with Crippen LogP contribution < -0.4 is 10.2 Å². The van der Waals surface area contributed by atoms with E-state index in [1.807, 2.05) is 13.1 Å². The summed E-state index contributed by atoms with van der Waals surface area (Å²) in [6.45, 7) is 8.79. The normalized spacial score (nSPS) is 15.4. The van der Waals surface area contributed by atoms with Gasteiger partial charge in [-0.1, -0.05) is 20.8 Å². The Kier molecular flexibility index (Phi) is 8.64. The molecule has 1 fully saturated rings. The molecule has 32 heavy (non-hydrogen) atoms. The van der Waals surface area contributed by atoms with Gasteiger partial charge >= 0.3 is 5.97 Å². The molecule has 8 nitrogen and oxygen atoms in total. The van der Waals surface area contributed by atoms with Crippen LogP contribution in [0.3, 0.4) is 0 Å². The molecule has 1 aliphatic heterocycles. The number of nitrogens with zero attached hydrogens (tertiary/aromatic N) is 4. The molecule has 1 N–H and O–H groups in total. The number of aromatic nitrogens is 3. The summed E-state index contributed by atoms with van der Waals surface area (Å²) in [4.78, 5) is 27.2. The second kappa shape index (κ2) is 11.4. The first-order valence-corrected chi connectivity index (χ1v) is 11.4. The molecule has 2 aromatic rings. The summed E-state index contributed by atoms with van der Waals surface area (Å²) in [6, 6.07) is 2.40. The number of hydrogen-bond donors (Lipinski definition) is 1. The lowest BCUT2D eigenvalue weighted by atomic mass is 9.98. The van der Waals surface area contributed by atoms with Crippen molar-refractivity contribution in [2.45, 2.75) is 52.0 Å². The summed E-state index contributed by atoms with van der Waals surface area (Å²) < 4.78 is 10.4. The molecule has 0 spiro atoms. The van der Waals surface area contributed by atoms with Crippen molar-refractivity contribution in [2.75, 3.05) is 37.1 Å². The Balaban J connectivity index is 1.99. The molecule has 9 heteroatoms. The molecule has 3 rings (SSSR count). The van der Waals surface area contributed by atoms with Crippen molar-refractivity contribution in [1.29, 1.82) is 0 Å². The molecule has 0 saturated carbocycles. The highest BCUT2D eigenvalue weighted by Gasteiger charge is 2.26. The molecule has 0 aromatic carbocycles. The molecular formula is C23H32ClN5O3. The van der Waals surface area contributed by atoms with Crippen molar-refractivity contribution in [3.05, 3.63) is 35.5 Å². The molecule has 1 saturated heterocycles. The van der Waals surface area contributed by atoms with E-state index in [1.54, 1.807) is 12.4 Å². The number of halogens is 1. The van der Waals surface area contributed by atoms with Crippen molar-refractivity contribution < 1.29 is 14.3 Å². The molecule has 3 heterocycles. The van der Waals surface area contributed by atoms with Crippen LogP contribution in [0, 0.1) is 5.92 Å². The average molecular weight is 462 g/mol. The van der Waals surface area contributed by atoms with Gasteiger partial charge in [-0.05, 0) is 47.9 Å². The van der Waals surface area contributed by atoms with Crippen LogP contribution in [0.15, 0.2) is 24.7 Å². The molecule has 0 radical (unpaired) electrons. The molecule has 0 bridgehead atoms. The molecule has 2 aromatic heterocycles. The predicted octanol–water partition coefficient (Wildman–Crippen LogP) is 4.58. The van der Waals surface area contributed by atoms with Crippen LogP contribution in [0.4, 0.5) is 17.2 Å². The van der Waals surface area contributed by atoms with Gasteiger partial charge in [0.25, 0.3) is 0 Å². The Morgan fingerprint density at radius 2 is 1.91 bits per heavy atom. The molecule has 1 unspecified atom stereocenters. The molecule has 174 valence electrons. The zero-order valence-electron chi connectivity index (χ0n) is 19.2. The van der Waals surface area contributed by atoms with E-state index >= 15 is 0 Å². The minimum absolute atomic E-state index is 0.0346. The van der Waals surface area contributed by atoms with Gasteiger partial charge in [-0.2, -0.15) is 0 Å². The molecular weight excluding hydrogens is 430 g/mol. The monoisotopic (exact) mass is 461 g/mol. The Morgan fingerprint density at radius 1 is 1.22 bits per heavy atom. The fourth-order valence-electron chi connectivity index (χ4n) is 3.85. The molecule has 1 atom stereocenters. The second-order valence-electron chi connectivity index (χ2n) is 8.58. The largest absolute Gasteiger partial charge is 0.469 e. The minimum atomic E-state index is -0.245. The number of carbonyl (C=O) groups is 1. The van der Waals surface area contributed by atoms with E-state index in [4.69, 9.17) is 26.1 Å². The zero-order valence-corrected chi connectivity index (χ0v) is 19.9. The SMILES string of the molecule is COC(=O)CC(C)c1cnc(N(CC(C)C)C2CCOCC2)c(Nc2cnc(Cl)nc2)c1. The lowest BCUT2D eigenvalue weighted by molar-refractivity contribution is -0.140. The number of nitrogens with one attached hydrogen (secondary N) is 1. The predicted molar refractivity (Wildman–Crippen MR) is 126 cm³/mol. The van der Waals surface area contributed by atoms with Gasteiger partial charge in [-0.25, -0.2) is 15.0 Å². The average Bonchev–Trinajstić information content (AvgIpc) is 2.79. The van der Waals surface area contributed by atoms with Gasteiger partial charge in [-0.15, -0.1) is 0 Å². The van der Waals surface area contributed by atoms with Crippen molar-refractivity contribution in [3.63, 3.8) is 0 Å². The van der Waals surface area contributed by atoms with E-state index < -0.39 is 0 Å². The Labute approximate surface area is 194 Å². The van der Waals surface area contributed by atoms with Crippen LogP contribution >= 0.6 is 11.6 Å². The van der Waals surface area contributed by atoms with Crippen molar-refractivity contribution in [2.24, 2.45) is 5.92 Å². The fraction of sp³-hybridized carbons (Fsp3) is 0.565. The topological polar surface area (TPSA) is 89.5 Å². The number of hydrogen-bond acceptors (Lipinski definition) is 8. The summed E-state index contributed by atoms with van der Waals surface area (Å²) in [5.74, 6) is 1.05. The highest BCUT2D eigenvalue weighted by atomic mass is 35.5. The second-order valence-corrected chi connectivity index (χ2v) is 8.91. The zero-order chi connectivity index (χ0) is 23.1. The third-order valence-corrected chi connectivity index (χ3v) is 5.72. The van der Waals surface area contributed by atoms with Gasteiger partial charge in [0, 0.05) is 32.0 Å². The number of rotatable bonds is 9. The van der Waals surface area contributed by atoms with E-state index in [0.29, 0.717) is 17.6 Å². The smallest absolute Gasteiger partial charge is 0.306 e. The van der Waals surface area contributed by atoms with Gasteiger partial charge in [0.05, 0.1) is 37.3 Å². The van der Waals surface area contributed by atoms with Crippen LogP contribution in [-0.4, -0.2) is 53.8 Å². The highest BCUT2D eigenvalue weighted by molar-refractivity contribution is 6.28. The number of carbonyl (C=O) groups excluding carboxylic acids is 1. The van der Waals surface area contributed by atoms with Crippen molar-refractivity contribution >= 4 is 34.8 Å². The number of methoxy groups -OCH3 is 1. The van der Waals surface area contributed by atoms with Crippen molar-refractivity contribution in [1.82, 2.24) is 15.0 Å². The van der Waals surface area contributed by atoms with E-state index in [1.165, 1.54) is 7.11 Å². The number of esters is 1. The fourth-order valence-corrected chi connectivity index (χ4v) is 3.94. The van der Waals surface area contributed by atoms with E-state index in [0.717, 1.165) is 49.7 Å². The first-order chi connectivity index (χ1) is 15.4. The third-order valence-electron chi connectivity index (χ3n) is 5.52. The lowest BCUT2D eigenvalue weighted by Gasteiger charge is -2.37. The maximum Gasteiger partial charge on any atom is 0.306 e. The number of pyridine rings is 1. The lowest BCUT2D eigenvalue weighted by Crippen LogP contribution is -2.42. The van der Waals surface area contributed by atoms with Gasteiger partial charge in [0.2, 0.25) is 5.28 Å². The first-order valence-electron chi connectivity index (χ1n) is 11.0. The standard InChI is InChI=1S/C23H32ClN5O3/c1-15(2)14-29(19-5-7-32-8-6-19)22-20(28-18-12-26-23(24)27-13-18)10-17(11-25-22)16(3)9-21(30)31-4/h10-13,15-16,19,28H,5-9,14H2,1-4H3. The van der Waals surface area contributed by atoms with Crippen LogP contribution in [0.1, 0.15) is 51.5 Å². The first kappa shape index (κ1) is 24.2. The van der Waals surface area contributed by atoms with E-state index in [9.17, 15) is 4.79 Å².